The quantitative estimate of drug-likeness (QED) is 0.901. The average molecular weight is 266 g/mol. The molecule has 0 aromatic heterocycles. The SMILES string of the molecule is Cc1ccc(F)cc1OC1CCCN(C(=O)CN)C1. The van der Waals surface area contributed by atoms with Crippen LogP contribution in [-0.4, -0.2) is 36.5 Å². The number of likely N-dealkylation sites (tertiary alicyclic amines) is 1. The largest absolute Gasteiger partial charge is 0.488 e. The minimum atomic E-state index is -0.314. The zero-order chi connectivity index (χ0) is 13.8. The van der Waals surface area contributed by atoms with E-state index in [4.69, 9.17) is 10.5 Å². The molecule has 1 aromatic rings. The minimum Gasteiger partial charge on any atom is -0.488 e. The van der Waals surface area contributed by atoms with Crippen LogP contribution in [0.4, 0.5) is 4.39 Å². The molecule has 1 amide bonds. The number of carbonyl (C=O) groups excluding carboxylic acids is 1. The highest BCUT2D eigenvalue weighted by Crippen LogP contribution is 2.23. The molecule has 1 aliphatic heterocycles. The van der Waals surface area contributed by atoms with Gasteiger partial charge in [0.15, 0.2) is 0 Å². The van der Waals surface area contributed by atoms with Gasteiger partial charge in [0.2, 0.25) is 5.91 Å². The highest BCUT2D eigenvalue weighted by Gasteiger charge is 2.24. The molecule has 0 bridgehead atoms. The molecule has 2 N–H and O–H groups in total. The van der Waals surface area contributed by atoms with Crippen LogP contribution < -0.4 is 10.5 Å². The van der Waals surface area contributed by atoms with Gasteiger partial charge in [-0.2, -0.15) is 0 Å². The summed E-state index contributed by atoms with van der Waals surface area (Å²) >= 11 is 0. The van der Waals surface area contributed by atoms with Gasteiger partial charge in [-0.15, -0.1) is 0 Å². The van der Waals surface area contributed by atoms with Crippen LogP contribution in [0.5, 0.6) is 5.75 Å². The number of ether oxygens (including phenoxy) is 1. The summed E-state index contributed by atoms with van der Waals surface area (Å²) in [4.78, 5) is 13.3. The molecule has 0 spiro atoms. The first kappa shape index (κ1) is 13.8. The smallest absolute Gasteiger partial charge is 0.236 e. The van der Waals surface area contributed by atoms with Gasteiger partial charge in [-0.25, -0.2) is 4.39 Å². The molecule has 1 saturated heterocycles. The van der Waals surface area contributed by atoms with E-state index in [1.165, 1.54) is 12.1 Å². The maximum Gasteiger partial charge on any atom is 0.236 e. The molecule has 1 aliphatic rings. The summed E-state index contributed by atoms with van der Waals surface area (Å²) in [5.74, 6) is 0.169. The zero-order valence-electron chi connectivity index (χ0n) is 11.1. The van der Waals surface area contributed by atoms with E-state index >= 15 is 0 Å². The Balaban J connectivity index is 2.02. The number of rotatable bonds is 3. The molecule has 104 valence electrons. The fraction of sp³-hybridized carbons (Fsp3) is 0.500. The second-order valence-electron chi connectivity index (χ2n) is 4.84. The molecule has 1 atom stereocenters. The first-order valence-electron chi connectivity index (χ1n) is 6.51. The second-order valence-corrected chi connectivity index (χ2v) is 4.84. The molecule has 0 radical (unpaired) electrons. The third-order valence-corrected chi connectivity index (χ3v) is 3.35. The Morgan fingerprint density at radius 2 is 2.37 bits per heavy atom. The van der Waals surface area contributed by atoms with Crippen molar-refractivity contribution in [3.8, 4) is 5.75 Å². The predicted molar refractivity (Wildman–Crippen MR) is 70.4 cm³/mol. The summed E-state index contributed by atoms with van der Waals surface area (Å²) < 4.78 is 19.0. The van der Waals surface area contributed by atoms with Crippen molar-refractivity contribution in [3.05, 3.63) is 29.6 Å². The molecule has 0 aliphatic carbocycles. The minimum absolute atomic E-state index is 0.0196. The number of nitrogens with two attached hydrogens (primary N) is 1. The van der Waals surface area contributed by atoms with E-state index in [2.05, 4.69) is 0 Å². The summed E-state index contributed by atoms with van der Waals surface area (Å²) in [6.45, 7) is 3.14. The molecular formula is C14H19FN2O2. The van der Waals surface area contributed by atoms with Gasteiger partial charge in [-0.05, 0) is 31.4 Å². The molecule has 1 fully saturated rings. The van der Waals surface area contributed by atoms with Crippen LogP contribution in [0.15, 0.2) is 18.2 Å². The van der Waals surface area contributed by atoms with E-state index in [0.29, 0.717) is 12.3 Å². The van der Waals surface area contributed by atoms with Crippen molar-refractivity contribution in [3.63, 3.8) is 0 Å². The van der Waals surface area contributed by atoms with Gasteiger partial charge in [-0.3, -0.25) is 4.79 Å². The third kappa shape index (κ3) is 3.44. The maximum atomic E-state index is 13.2. The topological polar surface area (TPSA) is 55.6 Å². The van der Waals surface area contributed by atoms with Crippen LogP contribution in [0, 0.1) is 12.7 Å². The number of nitrogens with zero attached hydrogens (tertiary/aromatic N) is 1. The van der Waals surface area contributed by atoms with Crippen molar-refractivity contribution in [1.82, 2.24) is 4.90 Å². The van der Waals surface area contributed by atoms with E-state index < -0.39 is 0 Å². The Hall–Kier alpha value is -1.62. The highest BCUT2D eigenvalue weighted by molar-refractivity contribution is 5.78. The summed E-state index contributed by atoms with van der Waals surface area (Å²) in [7, 11) is 0. The van der Waals surface area contributed by atoms with Crippen LogP contribution in [0.1, 0.15) is 18.4 Å². The summed E-state index contributed by atoms with van der Waals surface area (Å²) in [6, 6.07) is 4.49. The Kier molecular flexibility index (Phi) is 4.37. The van der Waals surface area contributed by atoms with Crippen LogP contribution in [0.2, 0.25) is 0 Å². The molecule has 19 heavy (non-hydrogen) atoms. The van der Waals surface area contributed by atoms with E-state index in [1.54, 1.807) is 11.0 Å². The van der Waals surface area contributed by atoms with Crippen LogP contribution in [-0.2, 0) is 4.79 Å². The molecule has 1 heterocycles. The molecule has 1 unspecified atom stereocenters. The monoisotopic (exact) mass is 266 g/mol. The zero-order valence-corrected chi connectivity index (χ0v) is 11.1. The molecule has 1 aromatic carbocycles. The lowest BCUT2D eigenvalue weighted by molar-refractivity contribution is -0.132. The van der Waals surface area contributed by atoms with Gasteiger partial charge in [0.25, 0.3) is 0 Å². The summed E-state index contributed by atoms with van der Waals surface area (Å²) in [6.07, 6.45) is 1.65. The average Bonchev–Trinajstić information content (AvgIpc) is 2.42. The number of hydrogen-bond donors (Lipinski definition) is 1. The molecule has 2 rings (SSSR count). The predicted octanol–water partition coefficient (Wildman–Crippen LogP) is 1.46. The molecule has 4 nitrogen and oxygen atoms in total. The van der Waals surface area contributed by atoms with Crippen LogP contribution in [0.25, 0.3) is 0 Å². The Labute approximate surface area is 112 Å². The molecule has 5 heteroatoms. The number of benzene rings is 1. The molecular weight excluding hydrogens is 247 g/mol. The standard InChI is InChI=1S/C14H19FN2O2/c1-10-4-5-11(15)7-13(10)19-12-3-2-6-17(9-12)14(18)8-16/h4-5,7,12H,2-3,6,8-9,16H2,1H3. The lowest BCUT2D eigenvalue weighted by Crippen LogP contribution is -2.46. The number of halogens is 1. The Morgan fingerprint density at radius 1 is 1.58 bits per heavy atom. The normalized spacial score (nSPS) is 19.3. The van der Waals surface area contributed by atoms with Crippen molar-refractivity contribution >= 4 is 5.91 Å². The first-order valence-corrected chi connectivity index (χ1v) is 6.51. The van der Waals surface area contributed by atoms with Crippen molar-refractivity contribution in [2.45, 2.75) is 25.9 Å². The number of amides is 1. The van der Waals surface area contributed by atoms with Gasteiger partial charge in [0.05, 0.1) is 13.1 Å². The van der Waals surface area contributed by atoms with Crippen LogP contribution in [0.3, 0.4) is 0 Å². The van der Waals surface area contributed by atoms with Gasteiger partial charge in [0, 0.05) is 12.6 Å². The fourth-order valence-corrected chi connectivity index (χ4v) is 2.27. The fourth-order valence-electron chi connectivity index (χ4n) is 2.27. The van der Waals surface area contributed by atoms with E-state index in [0.717, 1.165) is 24.9 Å². The van der Waals surface area contributed by atoms with Gasteiger partial charge < -0.3 is 15.4 Å². The van der Waals surface area contributed by atoms with Crippen molar-refractivity contribution in [2.75, 3.05) is 19.6 Å². The maximum absolute atomic E-state index is 13.2. The van der Waals surface area contributed by atoms with E-state index in [-0.39, 0.29) is 24.4 Å². The van der Waals surface area contributed by atoms with Crippen molar-refractivity contribution in [1.29, 1.82) is 0 Å². The number of aryl methyl sites for hydroxylation is 1. The lowest BCUT2D eigenvalue weighted by Gasteiger charge is -2.33. The number of carbonyl (C=O) groups is 1. The lowest BCUT2D eigenvalue weighted by atomic mass is 10.1. The van der Waals surface area contributed by atoms with E-state index in [1.807, 2.05) is 6.92 Å². The number of piperidine rings is 1. The Morgan fingerprint density at radius 3 is 3.11 bits per heavy atom. The van der Waals surface area contributed by atoms with E-state index in [9.17, 15) is 9.18 Å². The second kappa shape index (κ2) is 6.02. The van der Waals surface area contributed by atoms with Gasteiger partial charge in [0.1, 0.15) is 17.7 Å². The molecule has 0 saturated carbocycles. The van der Waals surface area contributed by atoms with Crippen molar-refractivity contribution < 1.29 is 13.9 Å². The number of hydrogen-bond acceptors (Lipinski definition) is 3. The van der Waals surface area contributed by atoms with Gasteiger partial charge >= 0.3 is 0 Å². The third-order valence-electron chi connectivity index (χ3n) is 3.35. The van der Waals surface area contributed by atoms with Gasteiger partial charge in [-0.1, -0.05) is 6.07 Å². The summed E-state index contributed by atoms with van der Waals surface area (Å²) in [5.41, 5.74) is 6.26. The first-order chi connectivity index (χ1) is 9.10. The van der Waals surface area contributed by atoms with Crippen molar-refractivity contribution in [2.24, 2.45) is 5.73 Å². The van der Waals surface area contributed by atoms with Crippen LogP contribution >= 0.6 is 0 Å². The highest BCUT2D eigenvalue weighted by atomic mass is 19.1. The Bertz CT molecular complexity index is 465. The summed E-state index contributed by atoms with van der Waals surface area (Å²) in [5, 5.41) is 0.